The molecular weight excluding hydrogens is 257 g/mol. The fourth-order valence-electron chi connectivity index (χ4n) is 1.78. The Hall–Kier alpha value is -2.17. The van der Waals surface area contributed by atoms with Gasteiger partial charge >= 0.3 is 0 Å². The Morgan fingerprint density at radius 1 is 1.15 bits per heavy atom. The van der Waals surface area contributed by atoms with Crippen LogP contribution in [0, 0.1) is 5.82 Å². The quantitative estimate of drug-likeness (QED) is 0.914. The van der Waals surface area contributed by atoms with Gasteiger partial charge in [-0.25, -0.2) is 14.4 Å². The normalized spacial score (nSPS) is 11.4. The highest BCUT2D eigenvalue weighted by atomic mass is 19.1. The van der Waals surface area contributed by atoms with E-state index in [1.165, 1.54) is 13.2 Å². The second-order valence-electron chi connectivity index (χ2n) is 5.60. The molecule has 0 saturated heterocycles. The minimum Gasteiger partial charge on any atom is -0.494 e. The number of halogens is 1. The summed E-state index contributed by atoms with van der Waals surface area (Å²) in [5, 5.41) is 0. The molecule has 1 aromatic heterocycles. The number of anilines is 1. The van der Waals surface area contributed by atoms with Gasteiger partial charge in [0.2, 0.25) is 0 Å². The number of benzene rings is 1. The van der Waals surface area contributed by atoms with Gasteiger partial charge in [0, 0.05) is 17.0 Å². The lowest BCUT2D eigenvalue weighted by atomic mass is 9.92. The summed E-state index contributed by atoms with van der Waals surface area (Å²) in [6.07, 6.45) is 0. The first kappa shape index (κ1) is 14.2. The van der Waals surface area contributed by atoms with Crippen LogP contribution in [-0.4, -0.2) is 17.1 Å². The molecular formula is C15H18FN3O. The third-order valence-electron chi connectivity index (χ3n) is 2.92. The van der Waals surface area contributed by atoms with Crippen molar-refractivity contribution in [3.05, 3.63) is 35.8 Å². The molecule has 0 radical (unpaired) electrons. The SMILES string of the molecule is COc1cc(-c2nc(N)cc(C(C)(C)C)n2)ccc1F. The van der Waals surface area contributed by atoms with Crippen molar-refractivity contribution < 1.29 is 9.13 Å². The van der Waals surface area contributed by atoms with Crippen LogP contribution >= 0.6 is 0 Å². The molecule has 2 N–H and O–H groups in total. The van der Waals surface area contributed by atoms with Gasteiger partial charge in [-0.2, -0.15) is 0 Å². The minimum atomic E-state index is -0.420. The molecule has 106 valence electrons. The van der Waals surface area contributed by atoms with Crippen molar-refractivity contribution in [1.29, 1.82) is 0 Å². The molecule has 0 aliphatic heterocycles. The first-order chi connectivity index (χ1) is 9.31. The molecule has 0 amide bonds. The van der Waals surface area contributed by atoms with Crippen molar-refractivity contribution in [1.82, 2.24) is 9.97 Å². The lowest BCUT2D eigenvalue weighted by Gasteiger charge is -2.18. The Labute approximate surface area is 117 Å². The van der Waals surface area contributed by atoms with Crippen LogP contribution < -0.4 is 10.5 Å². The van der Waals surface area contributed by atoms with Gasteiger partial charge < -0.3 is 10.5 Å². The van der Waals surface area contributed by atoms with Crippen LogP contribution in [0.2, 0.25) is 0 Å². The van der Waals surface area contributed by atoms with Crippen molar-refractivity contribution in [3.8, 4) is 17.1 Å². The maximum atomic E-state index is 13.4. The number of methoxy groups -OCH3 is 1. The van der Waals surface area contributed by atoms with Crippen LogP contribution in [0.5, 0.6) is 5.75 Å². The maximum absolute atomic E-state index is 13.4. The standard InChI is InChI=1S/C15H18FN3O/c1-15(2,3)12-8-13(17)19-14(18-12)9-5-6-10(16)11(7-9)20-4/h5-8H,1-4H3,(H2,17,18,19). The molecule has 0 bridgehead atoms. The minimum absolute atomic E-state index is 0.143. The van der Waals surface area contributed by atoms with E-state index in [-0.39, 0.29) is 11.2 Å². The Morgan fingerprint density at radius 3 is 2.45 bits per heavy atom. The van der Waals surface area contributed by atoms with Gasteiger partial charge in [0.15, 0.2) is 17.4 Å². The Balaban J connectivity index is 2.55. The van der Waals surface area contributed by atoms with E-state index in [2.05, 4.69) is 9.97 Å². The highest BCUT2D eigenvalue weighted by molar-refractivity contribution is 5.59. The Morgan fingerprint density at radius 2 is 1.85 bits per heavy atom. The zero-order chi connectivity index (χ0) is 14.9. The molecule has 1 heterocycles. The van der Waals surface area contributed by atoms with Crippen LogP contribution in [0.15, 0.2) is 24.3 Å². The number of ether oxygens (including phenoxy) is 1. The second-order valence-corrected chi connectivity index (χ2v) is 5.60. The third kappa shape index (κ3) is 2.87. The summed E-state index contributed by atoms with van der Waals surface area (Å²) in [6, 6.07) is 6.26. The van der Waals surface area contributed by atoms with Gasteiger partial charge in [0.05, 0.1) is 12.8 Å². The molecule has 0 fully saturated rings. The number of hydrogen-bond acceptors (Lipinski definition) is 4. The van der Waals surface area contributed by atoms with E-state index in [1.54, 1.807) is 18.2 Å². The lowest BCUT2D eigenvalue weighted by molar-refractivity contribution is 0.386. The van der Waals surface area contributed by atoms with Gasteiger partial charge in [0.1, 0.15) is 5.82 Å². The van der Waals surface area contributed by atoms with Gasteiger partial charge in [-0.3, -0.25) is 0 Å². The van der Waals surface area contributed by atoms with E-state index in [4.69, 9.17) is 10.5 Å². The first-order valence-corrected chi connectivity index (χ1v) is 6.30. The summed E-state index contributed by atoms with van der Waals surface area (Å²) in [7, 11) is 1.42. The summed E-state index contributed by atoms with van der Waals surface area (Å²) in [5.41, 5.74) is 7.20. The van der Waals surface area contributed by atoms with Gasteiger partial charge in [0.25, 0.3) is 0 Å². The second kappa shape index (κ2) is 5.07. The van der Waals surface area contributed by atoms with E-state index < -0.39 is 5.82 Å². The number of hydrogen-bond donors (Lipinski definition) is 1. The number of nitrogens with zero attached hydrogens (tertiary/aromatic N) is 2. The largest absolute Gasteiger partial charge is 0.494 e. The van der Waals surface area contributed by atoms with Crippen molar-refractivity contribution >= 4 is 5.82 Å². The Kier molecular flexibility index (Phi) is 3.61. The van der Waals surface area contributed by atoms with E-state index >= 15 is 0 Å². The highest BCUT2D eigenvalue weighted by Crippen LogP contribution is 2.27. The van der Waals surface area contributed by atoms with E-state index in [0.29, 0.717) is 17.2 Å². The number of rotatable bonds is 2. The summed E-state index contributed by atoms with van der Waals surface area (Å²) < 4.78 is 18.4. The number of nitrogens with two attached hydrogens (primary N) is 1. The zero-order valence-corrected chi connectivity index (χ0v) is 12.1. The summed E-state index contributed by atoms with van der Waals surface area (Å²) >= 11 is 0. The number of aromatic nitrogens is 2. The molecule has 0 aliphatic rings. The van der Waals surface area contributed by atoms with E-state index in [0.717, 1.165) is 5.69 Å². The van der Waals surface area contributed by atoms with Crippen molar-refractivity contribution in [3.63, 3.8) is 0 Å². The van der Waals surface area contributed by atoms with Gasteiger partial charge in [-0.05, 0) is 18.2 Å². The van der Waals surface area contributed by atoms with E-state index in [9.17, 15) is 4.39 Å². The highest BCUT2D eigenvalue weighted by Gasteiger charge is 2.18. The molecule has 2 aromatic rings. The molecule has 5 heteroatoms. The topological polar surface area (TPSA) is 61.0 Å². The molecule has 1 aromatic carbocycles. The third-order valence-corrected chi connectivity index (χ3v) is 2.92. The molecule has 20 heavy (non-hydrogen) atoms. The molecule has 0 spiro atoms. The fourth-order valence-corrected chi connectivity index (χ4v) is 1.78. The van der Waals surface area contributed by atoms with Crippen LogP contribution in [0.1, 0.15) is 26.5 Å². The predicted molar refractivity (Wildman–Crippen MR) is 77.1 cm³/mol. The van der Waals surface area contributed by atoms with Crippen LogP contribution in [0.3, 0.4) is 0 Å². The van der Waals surface area contributed by atoms with Crippen LogP contribution in [0.25, 0.3) is 11.4 Å². The van der Waals surface area contributed by atoms with Gasteiger partial charge in [-0.1, -0.05) is 20.8 Å². The summed E-state index contributed by atoms with van der Waals surface area (Å²) in [4.78, 5) is 8.72. The molecule has 4 nitrogen and oxygen atoms in total. The predicted octanol–water partition coefficient (Wildman–Crippen LogP) is 3.17. The monoisotopic (exact) mass is 275 g/mol. The molecule has 0 saturated carbocycles. The zero-order valence-electron chi connectivity index (χ0n) is 12.1. The Bertz CT molecular complexity index is 636. The number of nitrogen functional groups attached to an aromatic ring is 1. The average molecular weight is 275 g/mol. The maximum Gasteiger partial charge on any atom is 0.165 e. The summed E-state index contributed by atoms with van der Waals surface area (Å²) in [6.45, 7) is 6.14. The van der Waals surface area contributed by atoms with E-state index in [1.807, 2.05) is 20.8 Å². The van der Waals surface area contributed by atoms with Crippen molar-refractivity contribution in [2.45, 2.75) is 26.2 Å². The van der Waals surface area contributed by atoms with Crippen LogP contribution in [-0.2, 0) is 5.41 Å². The lowest BCUT2D eigenvalue weighted by Crippen LogP contribution is -2.15. The summed E-state index contributed by atoms with van der Waals surface area (Å²) in [5.74, 6) is 0.596. The fraction of sp³-hybridized carbons (Fsp3) is 0.333. The molecule has 0 aliphatic carbocycles. The average Bonchev–Trinajstić information content (AvgIpc) is 2.37. The molecule has 0 atom stereocenters. The van der Waals surface area contributed by atoms with Gasteiger partial charge in [-0.15, -0.1) is 0 Å². The van der Waals surface area contributed by atoms with Crippen molar-refractivity contribution in [2.24, 2.45) is 0 Å². The van der Waals surface area contributed by atoms with Crippen molar-refractivity contribution in [2.75, 3.05) is 12.8 Å². The smallest absolute Gasteiger partial charge is 0.165 e. The van der Waals surface area contributed by atoms with Crippen LogP contribution in [0.4, 0.5) is 10.2 Å². The molecule has 2 rings (SSSR count). The first-order valence-electron chi connectivity index (χ1n) is 6.30. The molecule has 0 unspecified atom stereocenters.